The fraction of sp³-hybridized carbons (Fsp3) is 0.125. The van der Waals surface area contributed by atoms with Crippen LogP contribution in [0.25, 0.3) is 0 Å². The summed E-state index contributed by atoms with van der Waals surface area (Å²) in [7, 11) is 0. The van der Waals surface area contributed by atoms with E-state index in [0.29, 0.717) is 5.56 Å². The molecule has 0 unspecified atom stereocenters. The number of carbonyl (C=O) groups is 4. The summed E-state index contributed by atoms with van der Waals surface area (Å²) < 4.78 is 9.51. The molecule has 1 aromatic carbocycles. The van der Waals surface area contributed by atoms with E-state index in [4.69, 9.17) is 4.42 Å². The zero-order valence-electron chi connectivity index (χ0n) is 12.5. The van der Waals surface area contributed by atoms with Crippen molar-refractivity contribution in [2.75, 3.05) is 13.2 Å². The van der Waals surface area contributed by atoms with Crippen molar-refractivity contribution in [2.24, 2.45) is 0 Å². The highest BCUT2D eigenvalue weighted by Crippen LogP contribution is 1.99. The number of nitrogens with one attached hydrogen (secondary N) is 2. The number of ether oxygens (including phenoxy) is 1. The molecule has 124 valence electrons. The predicted molar refractivity (Wildman–Crippen MR) is 80.9 cm³/mol. The van der Waals surface area contributed by atoms with E-state index in [0.717, 1.165) is 0 Å². The van der Waals surface area contributed by atoms with Crippen molar-refractivity contribution >= 4 is 23.7 Å². The number of amides is 3. The van der Waals surface area contributed by atoms with E-state index in [1.54, 1.807) is 30.3 Å². The Bertz CT molecular complexity index is 724. The molecule has 0 saturated carbocycles. The van der Waals surface area contributed by atoms with E-state index in [-0.39, 0.29) is 5.76 Å². The van der Waals surface area contributed by atoms with Crippen molar-refractivity contribution in [1.82, 2.24) is 10.6 Å². The molecule has 0 radical (unpaired) electrons. The van der Waals surface area contributed by atoms with Gasteiger partial charge in [0.25, 0.3) is 17.7 Å². The molecule has 2 rings (SSSR count). The molecule has 2 N–H and O–H groups in total. The van der Waals surface area contributed by atoms with Crippen molar-refractivity contribution < 1.29 is 28.3 Å². The third-order valence-electron chi connectivity index (χ3n) is 2.79. The van der Waals surface area contributed by atoms with Gasteiger partial charge < -0.3 is 14.5 Å². The Labute approximate surface area is 136 Å². The first-order valence-electron chi connectivity index (χ1n) is 6.93. The Morgan fingerprint density at radius 3 is 2.38 bits per heavy atom. The summed E-state index contributed by atoms with van der Waals surface area (Å²) in [5.74, 6) is -2.72. The van der Waals surface area contributed by atoms with Crippen molar-refractivity contribution in [1.29, 1.82) is 0 Å². The zero-order chi connectivity index (χ0) is 17.4. The predicted octanol–water partition coefficient (Wildman–Crippen LogP) is 0.509. The molecule has 0 atom stereocenters. The highest BCUT2D eigenvalue weighted by Gasteiger charge is 2.14. The maximum atomic E-state index is 11.7. The van der Waals surface area contributed by atoms with Gasteiger partial charge in [0.05, 0.1) is 6.26 Å². The number of benzene rings is 1. The van der Waals surface area contributed by atoms with Gasteiger partial charge in [-0.15, -0.1) is 0 Å². The topological polar surface area (TPSA) is 115 Å². The van der Waals surface area contributed by atoms with Crippen LogP contribution in [-0.4, -0.2) is 36.8 Å². The van der Waals surface area contributed by atoms with Crippen LogP contribution in [0, 0.1) is 0 Å². The van der Waals surface area contributed by atoms with Crippen LogP contribution in [0.4, 0.5) is 0 Å². The smallest absolute Gasteiger partial charge is 0.325 e. The van der Waals surface area contributed by atoms with Gasteiger partial charge in [0.15, 0.2) is 12.4 Å². The SMILES string of the molecule is O=C(COC(=O)CNC(=O)c1ccco1)NC(=O)c1ccccc1. The van der Waals surface area contributed by atoms with Gasteiger partial charge in [0.1, 0.15) is 6.54 Å². The maximum absolute atomic E-state index is 11.7. The van der Waals surface area contributed by atoms with E-state index in [1.165, 1.54) is 18.4 Å². The highest BCUT2D eigenvalue weighted by atomic mass is 16.5. The van der Waals surface area contributed by atoms with Gasteiger partial charge in [-0.25, -0.2) is 0 Å². The first-order chi connectivity index (χ1) is 11.6. The Balaban J connectivity index is 1.68. The van der Waals surface area contributed by atoms with Crippen LogP contribution < -0.4 is 10.6 Å². The molecule has 3 amide bonds. The van der Waals surface area contributed by atoms with Crippen LogP contribution in [0.2, 0.25) is 0 Å². The van der Waals surface area contributed by atoms with Crippen LogP contribution >= 0.6 is 0 Å². The van der Waals surface area contributed by atoms with Gasteiger partial charge >= 0.3 is 5.97 Å². The molecule has 0 spiro atoms. The summed E-state index contributed by atoms with van der Waals surface area (Å²) in [5.41, 5.74) is 0.308. The largest absolute Gasteiger partial charge is 0.459 e. The number of imide groups is 1. The minimum Gasteiger partial charge on any atom is -0.459 e. The summed E-state index contributed by atoms with van der Waals surface area (Å²) in [6.07, 6.45) is 1.32. The second-order valence-electron chi connectivity index (χ2n) is 4.56. The van der Waals surface area contributed by atoms with Gasteiger partial charge in [0, 0.05) is 5.56 Å². The summed E-state index contributed by atoms with van der Waals surface area (Å²) in [6.45, 7) is -1.06. The summed E-state index contributed by atoms with van der Waals surface area (Å²) in [4.78, 5) is 46.2. The first-order valence-corrected chi connectivity index (χ1v) is 6.93. The van der Waals surface area contributed by atoms with E-state index in [2.05, 4.69) is 15.4 Å². The van der Waals surface area contributed by atoms with Crippen LogP contribution in [0.3, 0.4) is 0 Å². The normalized spacial score (nSPS) is 9.83. The molecule has 0 saturated heterocycles. The number of esters is 1. The fourth-order valence-corrected chi connectivity index (χ4v) is 1.67. The molecule has 0 bridgehead atoms. The lowest BCUT2D eigenvalue weighted by Crippen LogP contribution is -2.36. The van der Waals surface area contributed by atoms with Gasteiger partial charge in [-0.2, -0.15) is 0 Å². The molecule has 0 aliphatic heterocycles. The summed E-state index contributed by atoms with van der Waals surface area (Å²) in [5, 5.41) is 4.35. The summed E-state index contributed by atoms with van der Waals surface area (Å²) >= 11 is 0. The number of carbonyl (C=O) groups excluding carboxylic acids is 4. The minimum absolute atomic E-state index is 0.0500. The molecule has 24 heavy (non-hydrogen) atoms. The molecule has 0 aliphatic rings. The van der Waals surface area contributed by atoms with E-state index in [9.17, 15) is 19.2 Å². The Morgan fingerprint density at radius 2 is 1.71 bits per heavy atom. The fourth-order valence-electron chi connectivity index (χ4n) is 1.67. The molecule has 8 nitrogen and oxygen atoms in total. The summed E-state index contributed by atoms with van der Waals surface area (Å²) in [6, 6.07) is 11.1. The van der Waals surface area contributed by atoms with Crippen molar-refractivity contribution in [3.05, 3.63) is 60.1 Å². The second-order valence-corrected chi connectivity index (χ2v) is 4.56. The molecular weight excluding hydrogens is 316 g/mol. The lowest BCUT2D eigenvalue weighted by molar-refractivity contribution is -0.147. The standard InChI is InChI=1S/C16H14N2O6/c19-13(18-15(21)11-5-2-1-3-6-11)10-24-14(20)9-17-16(22)12-7-4-8-23-12/h1-8H,9-10H2,(H,17,22)(H,18,19,21). The molecule has 0 fully saturated rings. The highest BCUT2D eigenvalue weighted by molar-refractivity contribution is 6.05. The van der Waals surface area contributed by atoms with Crippen molar-refractivity contribution in [3.63, 3.8) is 0 Å². The number of rotatable bonds is 6. The monoisotopic (exact) mass is 330 g/mol. The van der Waals surface area contributed by atoms with Crippen LogP contribution in [0.5, 0.6) is 0 Å². The van der Waals surface area contributed by atoms with E-state index >= 15 is 0 Å². The Morgan fingerprint density at radius 1 is 0.958 bits per heavy atom. The maximum Gasteiger partial charge on any atom is 0.325 e. The number of hydrogen-bond acceptors (Lipinski definition) is 6. The molecule has 1 aromatic heterocycles. The first kappa shape index (κ1) is 16.9. The lowest BCUT2D eigenvalue weighted by Gasteiger charge is -2.06. The quantitative estimate of drug-likeness (QED) is 0.746. The van der Waals surface area contributed by atoms with Crippen LogP contribution in [0.1, 0.15) is 20.9 Å². The van der Waals surface area contributed by atoms with Gasteiger partial charge in [-0.05, 0) is 24.3 Å². The Kier molecular flexibility index (Phi) is 5.84. The molecular formula is C16H14N2O6. The lowest BCUT2D eigenvalue weighted by atomic mass is 10.2. The molecule has 0 aliphatic carbocycles. The van der Waals surface area contributed by atoms with Gasteiger partial charge in [-0.3, -0.25) is 24.5 Å². The van der Waals surface area contributed by atoms with Crippen LogP contribution in [0.15, 0.2) is 53.1 Å². The van der Waals surface area contributed by atoms with Crippen LogP contribution in [-0.2, 0) is 14.3 Å². The van der Waals surface area contributed by atoms with Crippen molar-refractivity contribution in [2.45, 2.75) is 0 Å². The average Bonchev–Trinajstić information content (AvgIpc) is 3.13. The zero-order valence-corrected chi connectivity index (χ0v) is 12.5. The molecule has 8 heteroatoms. The number of hydrogen-bond donors (Lipinski definition) is 2. The average molecular weight is 330 g/mol. The third-order valence-corrected chi connectivity index (χ3v) is 2.79. The molecule has 2 aromatic rings. The third kappa shape index (κ3) is 5.09. The van der Waals surface area contributed by atoms with E-state index < -0.39 is 36.8 Å². The van der Waals surface area contributed by atoms with Gasteiger partial charge in [-0.1, -0.05) is 18.2 Å². The minimum atomic E-state index is -0.822. The Hall–Kier alpha value is -3.42. The second kappa shape index (κ2) is 8.28. The van der Waals surface area contributed by atoms with E-state index in [1.807, 2.05) is 0 Å². The molecule has 1 heterocycles. The van der Waals surface area contributed by atoms with Crippen molar-refractivity contribution in [3.8, 4) is 0 Å². The van der Waals surface area contributed by atoms with Gasteiger partial charge in [0.2, 0.25) is 0 Å². The number of furan rings is 1.